The summed E-state index contributed by atoms with van der Waals surface area (Å²) in [6, 6.07) is 134. The number of hydrogen-bond acceptors (Lipinski definition) is 7. The van der Waals surface area contributed by atoms with Gasteiger partial charge in [-0.15, -0.1) is 0 Å². The van der Waals surface area contributed by atoms with E-state index in [1.165, 1.54) is 60.3 Å². The monoisotopic (exact) mass is 1430 g/mol. The summed E-state index contributed by atoms with van der Waals surface area (Å²) in [5.74, 6) is 2.57. The molecule has 0 aliphatic rings. The maximum absolute atomic E-state index is 5.12. The van der Waals surface area contributed by atoms with Crippen LogP contribution in [-0.2, 0) is 0 Å². The summed E-state index contributed by atoms with van der Waals surface area (Å²) in [6.45, 7) is 0. The van der Waals surface area contributed by atoms with E-state index in [4.69, 9.17) is 34.9 Å². The Balaban J connectivity index is 0.000000141. The van der Waals surface area contributed by atoms with Gasteiger partial charge >= 0.3 is 0 Å². The maximum atomic E-state index is 5.12. The van der Waals surface area contributed by atoms with Gasteiger partial charge in [0, 0.05) is 112 Å². The molecular formula is C101H65N11. The third-order valence-corrected chi connectivity index (χ3v) is 21.4. The second-order valence-electron chi connectivity index (χ2n) is 28.0. The molecule has 0 aliphatic heterocycles. The number of nitrogens with zero attached hydrogens (tertiary/aromatic N) is 11. The zero-order chi connectivity index (χ0) is 74.0. The summed E-state index contributed by atoms with van der Waals surface area (Å²) >= 11 is 0. The summed E-state index contributed by atoms with van der Waals surface area (Å²) in [5.41, 5.74) is 25.3. The van der Waals surface area contributed by atoms with E-state index in [1.54, 1.807) is 0 Å². The van der Waals surface area contributed by atoms with Crippen molar-refractivity contribution in [3.63, 3.8) is 0 Å². The lowest BCUT2D eigenvalue weighted by atomic mass is 9.98. The van der Waals surface area contributed by atoms with E-state index in [1.807, 2.05) is 122 Å². The number of hydrogen-bond donors (Lipinski definition) is 0. The van der Waals surface area contributed by atoms with Crippen molar-refractivity contribution in [2.24, 2.45) is 0 Å². The fourth-order valence-corrected chi connectivity index (χ4v) is 16.4. The van der Waals surface area contributed by atoms with Crippen molar-refractivity contribution in [2.75, 3.05) is 0 Å². The Kier molecular flexibility index (Phi) is 15.9. The minimum Gasteiger partial charge on any atom is -0.309 e. The van der Waals surface area contributed by atoms with Crippen LogP contribution in [0.3, 0.4) is 0 Å². The normalized spacial score (nSPS) is 11.6. The third kappa shape index (κ3) is 11.3. The van der Waals surface area contributed by atoms with Gasteiger partial charge in [-0.05, 0) is 150 Å². The molecule has 0 atom stereocenters. The Bertz CT molecular complexity index is 6800. The average molecular weight is 1430 g/mol. The summed E-state index contributed by atoms with van der Waals surface area (Å²) in [4.78, 5) is 35.0. The zero-order valence-corrected chi connectivity index (χ0v) is 60.4. The van der Waals surface area contributed by atoms with Crippen LogP contribution in [0, 0.1) is 0 Å². The highest BCUT2D eigenvalue weighted by atomic mass is 15.1. The molecule has 0 amide bonds. The van der Waals surface area contributed by atoms with Gasteiger partial charge in [-0.1, -0.05) is 255 Å². The number of benzene rings is 14. The first-order valence-electron chi connectivity index (χ1n) is 37.6. The molecule has 22 rings (SSSR count). The quantitative estimate of drug-likeness (QED) is 0.120. The second kappa shape index (κ2) is 27.5. The Morgan fingerprint density at radius 1 is 0.179 bits per heavy atom. The predicted molar refractivity (Wildman–Crippen MR) is 458 cm³/mol. The van der Waals surface area contributed by atoms with Gasteiger partial charge in [0.05, 0.1) is 44.5 Å². The van der Waals surface area contributed by atoms with Gasteiger partial charge in [-0.3, -0.25) is 9.13 Å². The lowest BCUT2D eigenvalue weighted by Crippen LogP contribution is -2.01. The molecule has 0 unspecified atom stereocenters. The Morgan fingerprint density at radius 3 is 0.973 bits per heavy atom. The molecule has 524 valence electrons. The topological polar surface area (TPSA) is 110 Å². The van der Waals surface area contributed by atoms with Crippen LogP contribution in [0.25, 0.3) is 201 Å². The van der Waals surface area contributed by atoms with E-state index in [2.05, 4.69) is 291 Å². The average Bonchev–Trinajstić information content (AvgIpc) is 1.59. The molecule has 0 bridgehead atoms. The first-order chi connectivity index (χ1) is 55.6. The summed E-state index contributed by atoms with van der Waals surface area (Å²) in [7, 11) is 0. The van der Waals surface area contributed by atoms with Crippen LogP contribution >= 0.6 is 0 Å². The van der Waals surface area contributed by atoms with Crippen molar-refractivity contribution >= 4 is 87.5 Å². The SMILES string of the molecule is c1ccc(-c2cc(-c3cccc(-n4c5ccc(-c6cccc7c6c6ccccc6n7-c6ccccc6)cc5c5cccnc54)c3)nc(-c3ccccc3)n2)cc1.c1ccc(-c2nc(-c3ccccc3)nc(-c3cccc(-n4c5ccc(-c6cccc7c6c6ccccc6n7-c6ccccc6)cc5c5cccnc54)c3)n2)cc1. The smallest absolute Gasteiger partial charge is 0.164 e. The van der Waals surface area contributed by atoms with Crippen molar-refractivity contribution in [2.45, 2.75) is 0 Å². The van der Waals surface area contributed by atoms with Crippen molar-refractivity contribution < 1.29 is 0 Å². The van der Waals surface area contributed by atoms with E-state index < -0.39 is 0 Å². The Hall–Kier alpha value is -15.3. The number of fused-ring (bicyclic) bond motifs is 12. The van der Waals surface area contributed by atoms with Crippen LogP contribution in [-0.4, -0.2) is 53.2 Å². The molecule has 0 saturated carbocycles. The Morgan fingerprint density at radius 2 is 0.509 bits per heavy atom. The summed E-state index contributed by atoms with van der Waals surface area (Å²) in [6.07, 6.45) is 3.75. The molecule has 8 aromatic heterocycles. The predicted octanol–water partition coefficient (Wildman–Crippen LogP) is 24.9. The van der Waals surface area contributed by atoms with E-state index in [9.17, 15) is 0 Å². The summed E-state index contributed by atoms with van der Waals surface area (Å²) in [5, 5.41) is 9.43. The van der Waals surface area contributed by atoms with Crippen molar-refractivity contribution in [1.82, 2.24) is 53.2 Å². The molecule has 0 saturated heterocycles. The first-order valence-corrected chi connectivity index (χ1v) is 37.6. The molecule has 11 heteroatoms. The summed E-state index contributed by atoms with van der Waals surface area (Å²) < 4.78 is 9.26. The molecule has 0 N–H and O–H groups in total. The van der Waals surface area contributed by atoms with Crippen LogP contribution in [0.15, 0.2) is 395 Å². The molecule has 22 aromatic rings. The van der Waals surface area contributed by atoms with Crippen LogP contribution in [0.2, 0.25) is 0 Å². The van der Waals surface area contributed by atoms with E-state index >= 15 is 0 Å². The fraction of sp³-hybridized carbons (Fsp3) is 0. The van der Waals surface area contributed by atoms with Crippen molar-refractivity contribution in [3.05, 3.63) is 395 Å². The van der Waals surface area contributed by atoms with Gasteiger partial charge in [0.2, 0.25) is 0 Å². The molecule has 0 radical (unpaired) electrons. The third-order valence-electron chi connectivity index (χ3n) is 21.4. The largest absolute Gasteiger partial charge is 0.309 e. The highest BCUT2D eigenvalue weighted by molar-refractivity contribution is 6.19. The molecule has 11 nitrogen and oxygen atoms in total. The van der Waals surface area contributed by atoms with Crippen LogP contribution in [0.5, 0.6) is 0 Å². The minimum atomic E-state index is 0.610. The molecule has 14 aromatic carbocycles. The highest BCUT2D eigenvalue weighted by Crippen LogP contribution is 2.45. The van der Waals surface area contributed by atoms with E-state index in [0.717, 1.165) is 117 Å². The maximum Gasteiger partial charge on any atom is 0.164 e. The lowest BCUT2D eigenvalue weighted by molar-refractivity contribution is 1.07. The van der Waals surface area contributed by atoms with E-state index in [-0.39, 0.29) is 0 Å². The fourth-order valence-electron chi connectivity index (χ4n) is 16.4. The number of para-hydroxylation sites is 4. The van der Waals surface area contributed by atoms with Gasteiger partial charge in [0.15, 0.2) is 23.3 Å². The lowest BCUT2D eigenvalue weighted by Gasteiger charge is -2.12. The van der Waals surface area contributed by atoms with Crippen molar-refractivity contribution in [1.29, 1.82) is 0 Å². The van der Waals surface area contributed by atoms with Gasteiger partial charge < -0.3 is 9.13 Å². The number of aromatic nitrogens is 11. The highest BCUT2D eigenvalue weighted by Gasteiger charge is 2.24. The van der Waals surface area contributed by atoms with Gasteiger partial charge in [0.1, 0.15) is 11.3 Å². The molecule has 0 fully saturated rings. The minimum absolute atomic E-state index is 0.610. The number of rotatable bonds is 12. The standard InChI is InChI=1S/C51H33N5.C50H32N6/c1-4-15-34(16-5-1)44-33-45(54-50(53-44)35-17-6-2-7-18-35)37-19-12-22-39(31-37)56-47-29-28-36(32-43(47)41-25-14-30-52-51(41)56)40-24-13-27-48-49(40)42-23-10-11-26-46(42)55(48)38-20-8-3-9-21-38;1-4-15-33(16-5-1)47-52-48(34-17-6-2-7-18-34)54-49(53-47)36-19-12-22-38(31-36)56-44-29-28-35(32-42(44)40-25-14-30-51-50(40)56)39-24-13-27-45-46(39)41-23-10-11-26-43(41)55(45)37-20-8-3-9-21-37/h1-33H;1-32H. The Labute approximate surface area is 644 Å². The molecule has 0 aliphatic carbocycles. The number of pyridine rings is 2. The van der Waals surface area contributed by atoms with Crippen LogP contribution in [0.4, 0.5) is 0 Å². The molecule has 8 heterocycles. The van der Waals surface area contributed by atoms with Gasteiger partial charge in [0.25, 0.3) is 0 Å². The molecule has 0 spiro atoms. The van der Waals surface area contributed by atoms with Crippen LogP contribution < -0.4 is 0 Å². The van der Waals surface area contributed by atoms with Crippen LogP contribution in [0.1, 0.15) is 0 Å². The van der Waals surface area contributed by atoms with Crippen molar-refractivity contribution in [3.8, 4) is 113 Å². The molecule has 112 heavy (non-hydrogen) atoms. The second-order valence-corrected chi connectivity index (χ2v) is 28.0. The first kappa shape index (κ1) is 65.0. The van der Waals surface area contributed by atoms with Gasteiger partial charge in [-0.25, -0.2) is 34.9 Å². The van der Waals surface area contributed by atoms with Gasteiger partial charge in [-0.2, -0.15) is 0 Å². The molecular weight excluding hydrogens is 1370 g/mol. The van der Waals surface area contributed by atoms with E-state index in [0.29, 0.717) is 23.3 Å². The zero-order valence-electron chi connectivity index (χ0n) is 60.4.